The lowest BCUT2D eigenvalue weighted by Crippen LogP contribution is -2.48. The van der Waals surface area contributed by atoms with E-state index in [2.05, 4.69) is 52.4 Å². The molecule has 2 aliphatic carbocycles. The first kappa shape index (κ1) is 11.7. The first-order valence-electron chi connectivity index (χ1n) is 6.68. The van der Waals surface area contributed by atoms with E-state index < -0.39 is 0 Å². The zero-order valence-electron chi connectivity index (χ0n) is 10.4. The van der Waals surface area contributed by atoms with Crippen molar-refractivity contribution in [3.05, 3.63) is 34.3 Å². The summed E-state index contributed by atoms with van der Waals surface area (Å²) >= 11 is 3.72. The molecule has 92 valence electrons. The van der Waals surface area contributed by atoms with Crippen molar-refractivity contribution in [2.75, 3.05) is 6.54 Å². The molecule has 0 heterocycles. The van der Waals surface area contributed by atoms with Gasteiger partial charge in [0.25, 0.3) is 0 Å². The second kappa shape index (κ2) is 4.40. The lowest BCUT2D eigenvalue weighted by atomic mass is 9.59. The van der Waals surface area contributed by atoms with Gasteiger partial charge in [-0.25, -0.2) is 0 Å². The SMILES string of the molecule is CC1CC(CNC2CC2)(c2ccccc2Br)C1. The Kier molecular flexibility index (Phi) is 3.04. The first-order chi connectivity index (χ1) is 8.20. The zero-order valence-corrected chi connectivity index (χ0v) is 12.0. The molecule has 1 aromatic carbocycles. The molecule has 1 nitrogen and oxygen atoms in total. The van der Waals surface area contributed by atoms with Crippen molar-refractivity contribution in [1.29, 1.82) is 0 Å². The molecule has 2 saturated carbocycles. The second-order valence-corrected chi connectivity index (χ2v) is 6.78. The molecule has 1 aromatic rings. The smallest absolute Gasteiger partial charge is 0.0213 e. The highest BCUT2D eigenvalue weighted by Gasteiger charge is 2.44. The molecule has 2 fully saturated rings. The van der Waals surface area contributed by atoms with Crippen LogP contribution < -0.4 is 5.32 Å². The van der Waals surface area contributed by atoms with Gasteiger partial charge in [-0.15, -0.1) is 0 Å². The summed E-state index contributed by atoms with van der Waals surface area (Å²) in [4.78, 5) is 0. The standard InChI is InChI=1S/C15H20BrN/c1-11-8-15(9-11,10-17-12-6-7-12)13-4-2-3-5-14(13)16/h2-5,11-12,17H,6-10H2,1H3. The molecule has 0 unspecified atom stereocenters. The third-order valence-electron chi connectivity index (χ3n) is 4.23. The van der Waals surface area contributed by atoms with Gasteiger partial charge in [0.15, 0.2) is 0 Å². The van der Waals surface area contributed by atoms with Crippen LogP contribution in [0.1, 0.15) is 38.2 Å². The monoisotopic (exact) mass is 293 g/mol. The van der Waals surface area contributed by atoms with E-state index in [1.165, 1.54) is 35.7 Å². The largest absolute Gasteiger partial charge is 0.313 e. The molecule has 17 heavy (non-hydrogen) atoms. The zero-order chi connectivity index (χ0) is 11.9. The highest BCUT2D eigenvalue weighted by Crippen LogP contribution is 2.49. The molecule has 0 radical (unpaired) electrons. The van der Waals surface area contributed by atoms with Crippen LogP contribution in [0.15, 0.2) is 28.7 Å². The molecule has 2 heteroatoms. The van der Waals surface area contributed by atoms with Crippen LogP contribution >= 0.6 is 15.9 Å². The summed E-state index contributed by atoms with van der Waals surface area (Å²) in [6.45, 7) is 3.52. The average molecular weight is 294 g/mol. The Labute approximate surface area is 112 Å². The quantitative estimate of drug-likeness (QED) is 0.889. The molecule has 0 aliphatic heterocycles. The number of halogens is 1. The van der Waals surface area contributed by atoms with Gasteiger partial charge in [-0.2, -0.15) is 0 Å². The third-order valence-corrected chi connectivity index (χ3v) is 4.92. The topological polar surface area (TPSA) is 12.0 Å². The molecule has 1 N–H and O–H groups in total. The Morgan fingerprint density at radius 1 is 1.29 bits per heavy atom. The van der Waals surface area contributed by atoms with Crippen molar-refractivity contribution in [1.82, 2.24) is 5.32 Å². The van der Waals surface area contributed by atoms with Crippen LogP contribution in [0.2, 0.25) is 0 Å². The van der Waals surface area contributed by atoms with Gasteiger partial charge >= 0.3 is 0 Å². The van der Waals surface area contributed by atoms with E-state index >= 15 is 0 Å². The van der Waals surface area contributed by atoms with Crippen molar-refractivity contribution in [2.24, 2.45) is 5.92 Å². The fourth-order valence-electron chi connectivity index (χ4n) is 3.25. The summed E-state index contributed by atoms with van der Waals surface area (Å²) in [7, 11) is 0. The number of hydrogen-bond acceptors (Lipinski definition) is 1. The molecule has 0 amide bonds. The van der Waals surface area contributed by atoms with Gasteiger partial charge in [-0.3, -0.25) is 0 Å². The van der Waals surface area contributed by atoms with E-state index in [0.717, 1.165) is 18.5 Å². The molecule has 0 spiro atoms. The van der Waals surface area contributed by atoms with E-state index in [1.807, 2.05) is 0 Å². The van der Waals surface area contributed by atoms with Crippen molar-refractivity contribution in [3.63, 3.8) is 0 Å². The van der Waals surface area contributed by atoms with E-state index in [-0.39, 0.29) is 0 Å². The predicted molar refractivity (Wildman–Crippen MR) is 75.2 cm³/mol. The first-order valence-corrected chi connectivity index (χ1v) is 7.47. The fourth-order valence-corrected chi connectivity index (χ4v) is 3.96. The summed E-state index contributed by atoms with van der Waals surface area (Å²) < 4.78 is 1.28. The second-order valence-electron chi connectivity index (χ2n) is 5.93. The fraction of sp³-hybridized carbons (Fsp3) is 0.600. The minimum atomic E-state index is 0.391. The molecule has 0 bridgehead atoms. The molecule has 0 saturated heterocycles. The Morgan fingerprint density at radius 2 is 2.00 bits per heavy atom. The molecule has 0 atom stereocenters. The van der Waals surface area contributed by atoms with Crippen molar-refractivity contribution >= 4 is 15.9 Å². The summed E-state index contributed by atoms with van der Waals surface area (Å²) in [6, 6.07) is 9.56. The van der Waals surface area contributed by atoms with Crippen LogP contribution in [0.5, 0.6) is 0 Å². The van der Waals surface area contributed by atoms with Crippen LogP contribution in [-0.4, -0.2) is 12.6 Å². The van der Waals surface area contributed by atoms with Gasteiger partial charge in [0.05, 0.1) is 0 Å². The summed E-state index contributed by atoms with van der Waals surface area (Å²) in [6.07, 6.45) is 5.41. The Morgan fingerprint density at radius 3 is 2.59 bits per heavy atom. The van der Waals surface area contributed by atoms with E-state index in [4.69, 9.17) is 0 Å². The van der Waals surface area contributed by atoms with Crippen molar-refractivity contribution < 1.29 is 0 Å². The number of rotatable bonds is 4. The minimum absolute atomic E-state index is 0.391. The number of hydrogen-bond donors (Lipinski definition) is 1. The Bertz CT molecular complexity index is 405. The van der Waals surface area contributed by atoms with Gasteiger partial charge in [0, 0.05) is 22.5 Å². The Hall–Kier alpha value is -0.340. The van der Waals surface area contributed by atoms with Crippen LogP contribution in [0.4, 0.5) is 0 Å². The number of benzene rings is 1. The van der Waals surface area contributed by atoms with Crippen molar-refractivity contribution in [2.45, 2.75) is 44.1 Å². The lowest BCUT2D eigenvalue weighted by molar-refractivity contribution is 0.151. The van der Waals surface area contributed by atoms with Gasteiger partial charge in [0.2, 0.25) is 0 Å². The van der Waals surface area contributed by atoms with Gasteiger partial charge in [-0.05, 0) is 43.2 Å². The summed E-state index contributed by atoms with van der Waals surface area (Å²) in [5, 5.41) is 3.72. The van der Waals surface area contributed by atoms with Gasteiger partial charge in [0.1, 0.15) is 0 Å². The maximum absolute atomic E-state index is 3.72. The highest BCUT2D eigenvalue weighted by molar-refractivity contribution is 9.10. The molecular weight excluding hydrogens is 274 g/mol. The maximum Gasteiger partial charge on any atom is 0.0213 e. The third kappa shape index (κ3) is 2.30. The lowest BCUT2D eigenvalue weighted by Gasteiger charge is -2.48. The molecular formula is C15H20BrN. The van der Waals surface area contributed by atoms with Gasteiger partial charge in [-0.1, -0.05) is 41.1 Å². The minimum Gasteiger partial charge on any atom is -0.313 e. The number of nitrogens with one attached hydrogen (secondary N) is 1. The summed E-state index contributed by atoms with van der Waals surface area (Å²) in [5.74, 6) is 0.878. The average Bonchev–Trinajstić information content (AvgIpc) is 3.07. The molecule has 0 aromatic heterocycles. The van der Waals surface area contributed by atoms with Crippen LogP contribution in [0.25, 0.3) is 0 Å². The Balaban J connectivity index is 1.81. The van der Waals surface area contributed by atoms with Crippen molar-refractivity contribution in [3.8, 4) is 0 Å². The summed E-state index contributed by atoms with van der Waals surface area (Å²) in [5.41, 5.74) is 1.90. The van der Waals surface area contributed by atoms with Crippen LogP contribution in [0, 0.1) is 5.92 Å². The maximum atomic E-state index is 3.72. The normalized spacial score (nSPS) is 32.2. The predicted octanol–water partition coefficient (Wildman–Crippen LogP) is 3.87. The molecule has 3 rings (SSSR count). The van der Waals surface area contributed by atoms with Crippen LogP contribution in [-0.2, 0) is 5.41 Å². The highest BCUT2D eigenvalue weighted by atomic mass is 79.9. The van der Waals surface area contributed by atoms with E-state index in [1.54, 1.807) is 0 Å². The van der Waals surface area contributed by atoms with Crippen LogP contribution in [0.3, 0.4) is 0 Å². The van der Waals surface area contributed by atoms with E-state index in [0.29, 0.717) is 5.41 Å². The molecule has 2 aliphatic rings. The van der Waals surface area contributed by atoms with Gasteiger partial charge < -0.3 is 5.32 Å². The van der Waals surface area contributed by atoms with E-state index in [9.17, 15) is 0 Å².